The van der Waals surface area contributed by atoms with Gasteiger partial charge in [0, 0.05) is 43.7 Å². The smallest absolute Gasteiger partial charge is 0.167 e. The SMILES string of the molecule is c1ccc(-c2ccc(-c3nc(-c4ccccc4)nc(-c4ccc(-n5c6ccccc6c6cc7c(cc65)c5ccccc5n7-c5ccccc5)c5c4oc4ccccc45)n3)cc2)cc1. The van der Waals surface area contributed by atoms with Gasteiger partial charge in [0.2, 0.25) is 0 Å². The van der Waals surface area contributed by atoms with Crippen LogP contribution in [0.2, 0.25) is 0 Å². The van der Waals surface area contributed by atoms with Gasteiger partial charge >= 0.3 is 0 Å². The third-order valence-electron chi connectivity index (χ3n) is 12.4. The number of rotatable bonds is 6. The summed E-state index contributed by atoms with van der Waals surface area (Å²) in [6.07, 6.45) is 0. The zero-order chi connectivity index (χ0) is 41.4. The molecule has 0 aliphatic heterocycles. The maximum Gasteiger partial charge on any atom is 0.167 e. The molecule has 0 saturated carbocycles. The summed E-state index contributed by atoms with van der Waals surface area (Å²) in [5, 5.41) is 6.77. The third-order valence-corrected chi connectivity index (χ3v) is 12.4. The Morgan fingerprint density at radius 2 is 0.810 bits per heavy atom. The van der Waals surface area contributed by atoms with E-state index >= 15 is 0 Å². The van der Waals surface area contributed by atoms with Gasteiger partial charge in [-0.25, -0.2) is 15.0 Å². The molecule has 0 aliphatic carbocycles. The van der Waals surface area contributed by atoms with E-state index in [1.807, 2.05) is 48.5 Å². The van der Waals surface area contributed by atoms with Crippen LogP contribution in [0.5, 0.6) is 0 Å². The molecule has 9 aromatic carbocycles. The van der Waals surface area contributed by atoms with E-state index in [0.29, 0.717) is 17.5 Å². The summed E-state index contributed by atoms with van der Waals surface area (Å²) in [6.45, 7) is 0. The number of hydrogen-bond acceptors (Lipinski definition) is 4. The fourth-order valence-corrected chi connectivity index (χ4v) is 9.50. The Morgan fingerprint density at radius 3 is 1.48 bits per heavy atom. The Hall–Kier alpha value is -8.61. The van der Waals surface area contributed by atoms with Gasteiger partial charge in [-0.3, -0.25) is 0 Å². The Bertz CT molecular complexity index is 3890. The highest BCUT2D eigenvalue weighted by molar-refractivity contribution is 6.21. The average Bonchev–Trinajstić information content (AvgIpc) is 4.02. The van der Waals surface area contributed by atoms with Crippen LogP contribution in [0.15, 0.2) is 217 Å². The lowest BCUT2D eigenvalue weighted by Crippen LogP contribution is -2.01. The molecule has 0 spiro atoms. The van der Waals surface area contributed by atoms with Gasteiger partial charge in [-0.15, -0.1) is 0 Å². The van der Waals surface area contributed by atoms with Crippen LogP contribution in [-0.4, -0.2) is 24.1 Å². The first-order valence-corrected chi connectivity index (χ1v) is 21.2. The second kappa shape index (κ2) is 14.0. The van der Waals surface area contributed by atoms with Gasteiger partial charge in [-0.1, -0.05) is 158 Å². The number of para-hydroxylation sites is 4. The van der Waals surface area contributed by atoms with Crippen LogP contribution in [0.25, 0.3) is 122 Å². The van der Waals surface area contributed by atoms with Crippen LogP contribution in [0.4, 0.5) is 0 Å². The predicted octanol–water partition coefficient (Wildman–Crippen LogP) is 14.6. The average molecular weight is 806 g/mol. The molecule has 0 N–H and O–H groups in total. The van der Waals surface area contributed by atoms with Crippen LogP contribution in [0.3, 0.4) is 0 Å². The van der Waals surface area contributed by atoms with Crippen molar-refractivity contribution in [1.82, 2.24) is 24.1 Å². The quantitative estimate of drug-likeness (QED) is 0.168. The van der Waals surface area contributed by atoms with Gasteiger partial charge in [0.15, 0.2) is 17.5 Å². The van der Waals surface area contributed by atoms with Crippen molar-refractivity contribution in [2.45, 2.75) is 0 Å². The van der Waals surface area contributed by atoms with Gasteiger partial charge < -0.3 is 13.6 Å². The molecule has 13 aromatic rings. The van der Waals surface area contributed by atoms with Crippen molar-refractivity contribution in [2.24, 2.45) is 0 Å². The molecular formula is C57H35N5O. The molecule has 6 nitrogen and oxygen atoms in total. The second-order valence-electron chi connectivity index (χ2n) is 16.0. The van der Waals surface area contributed by atoms with Gasteiger partial charge in [0.05, 0.1) is 38.7 Å². The zero-order valence-electron chi connectivity index (χ0n) is 33.9. The minimum Gasteiger partial charge on any atom is -0.455 e. The highest BCUT2D eigenvalue weighted by Gasteiger charge is 2.24. The van der Waals surface area contributed by atoms with Gasteiger partial charge in [-0.05, 0) is 65.7 Å². The molecule has 0 amide bonds. The first-order valence-electron chi connectivity index (χ1n) is 21.2. The Balaban J connectivity index is 1.06. The Morgan fingerprint density at radius 1 is 0.333 bits per heavy atom. The van der Waals surface area contributed by atoms with Crippen LogP contribution < -0.4 is 0 Å². The maximum atomic E-state index is 6.92. The normalized spacial score (nSPS) is 11.8. The maximum absolute atomic E-state index is 6.92. The van der Waals surface area contributed by atoms with E-state index in [0.717, 1.165) is 72.2 Å². The lowest BCUT2D eigenvalue weighted by molar-refractivity contribution is 0.669. The fourth-order valence-electron chi connectivity index (χ4n) is 9.50. The monoisotopic (exact) mass is 805 g/mol. The first kappa shape index (κ1) is 35.2. The molecule has 0 unspecified atom stereocenters. The number of fused-ring (bicyclic) bond motifs is 9. The van der Waals surface area contributed by atoms with Crippen LogP contribution in [-0.2, 0) is 0 Å². The minimum absolute atomic E-state index is 0.541. The Labute approximate surface area is 361 Å². The molecule has 0 radical (unpaired) electrons. The molecule has 4 heterocycles. The molecule has 0 aliphatic rings. The first-order chi connectivity index (χ1) is 31.2. The molecular weight excluding hydrogens is 771 g/mol. The molecule has 0 saturated heterocycles. The van der Waals surface area contributed by atoms with Gasteiger partial charge in [0.25, 0.3) is 0 Å². The molecule has 63 heavy (non-hydrogen) atoms. The summed E-state index contributed by atoms with van der Waals surface area (Å²) in [5.41, 5.74) is 13.1. The third kappa shape index (κ3) is 5.55. The topological polar surface area (TPSA) is 61.7 Å². The summed E-state index contributed by atoms with van der Waals surface area (Å²) >= 11 is 0. The number of nitrogens with zero attached hydrogens (tertiary/aromatic N) is 5. The molecule has 4 aromatic heterocycles. The van der Waals surface area contributed by atoms with E-state index in [1.165, 1.54) is 32.6 Å². The summed E-state index contributed by atoms with van der Waals surface area (Å²) in [7, 11) is 0. The molecule has 13 rings (SSSR count). The van der Waals surface area contributed by atoms with E-state index in [4.69, 9.17) is 19.4 Å². The zero-order valence-corrected chi connectivity index (χ0v) is 33.9. The van der Waals surface area contributed by atoms with Crippen LogP contribution >= 0.6 is 0 Å². The van der Waals surface area contributed by atoms with Gasteiger partial charge in [0.1, 0.15) is 11.2 Å². The number of furan rings is 1. The molecule has 294 valence electrons. The number of aromatic nitrogens is 5. The molecule has 0 fully saturated rings. The standard InChI is InChI=1S/C57H35N5O/c1-4-16-36(17-5-1)37-28-30-39(31-29-37)56-58-55(38-18-6-2-7-19-38)59-57(60-56)44-32-33-49(53-43-24-12-15-27-52(43)63-54(44)53)62-48-26-14-11-23-42(48)46-34-50-45(35-51(46)62)41-22-10-13-25-47(41)61(50)40-20-8-3-9-21-40/h1-35H. The lowest BCUT2D eigenvalue weighted by atomic mass is 10.0. The largest absolute Gasteiger partial charge is 0.455 e. The van der Waals surface area contributed by atoms with Crippen LogP contribution in [0.1, 0.15) is 0 Å². The predicted molar refractivity (Wildman–Crippen MR) is 258 cm³/mol. The van der Waals surface area contributed by atoms with E-state index in [-0.39, 0.29) is 0 Å². The number of benzene rings is 9. The van der Waals surface area contributed by atoms with Crippen LogP contribution in [0, 0.1) is 0 Å². The minimum atomic E-state index is 0.541. The molecule has 0 atom stereocenters. The van der Waals surface area contributed by atoms with Crippen molar-refractivity contribution in [2.75, 3.05) is 0 Å². The van der Waals surface area contributed by atoms with Crippen molar-refractivity contribution in [3.63, 3.8) is 0 Å². The van der Waals surface area contributed by atoms with Crippen molar-refractivity contribution < 1.29 is 4.42 Å². The summed E-state index contributed by atoms with van der Waals surface area (Å²) in [5.74, 6) is 1.73. The second-order valence-corrected chi connectivity index (χ2v) is 16.0. The Kier molecular flexibility index (Phi) is 7.80. The number of hydrogen-bond donors (Lipinski definition) is 0. The summed E-state index contributed by atoms with van der Waals surface area (Å²) < 4.78 is 11.7. The highest BCUT2D eigenvalue weighted by Crippen LogP contribution is 2.44. The summed E-state index contributed by atoms with van der Waals surface area (Å²) in [6, 6.07) is 74.4. The van der Waals surface area contributed by atoms with Crippen molar-refractivity contribution in [3.8, 4) is 56.7 Å². The molecule has 0 bridgehead atoms. The van der Waals surface area contributed by atoms with E-state index < -0.39 is 0 Å². The van der Waals surface area contributed by atoms with Gasteiger partial charge in [-0.2, -0.15) is 0 Å². The van der Waals surface area contributed by atoms with Crippen molar-refractivity contribution >= 4 is 65.6 Å². The summed E-state index contributed by atoms with van der Waals surface area (Å²) in [4.78, 5) is 15.4. The van der Waals surface area contributed by atoms with E-state index in [1.54, 1.807) is 0 Å². The highest BCUT2D eigenvalue weighted by atomic mass is 16.3. The molecule has 6 heteroatoms. The lowest BCUT2D eigenvalue weighted by Gasteiger charge is -2.13. The van der Waals surface area contributed by atoms with E-state index in [9.17, 15) is 0 Å². The van der Waals surface area contributed by atoms with Crippen molar-refractivity contribution in [1.29, 1.82) is 0 Å². The van der Waals surface area contributed by atoms with E-state index in [2.05, 4.69) is 173 Å². The fraction of sp³-hybridized carbons (Fsp3) is 0. The van der Waals surface area contributed by atoms with Crippen molar-refractivity contribution in [3.05, 3.63) is 212 Å².